The number of amides is 2. The number of carbonyl (C=O) groups excluding carboxylic acids is 2. The number of hydrogen-bond acceptors (Lipinski definition) is 4. The molecule has 1 aliphatic rings. The first-order valence-electron chi connectivity index (χ1n) is 6.07. The molecule has 1 aliphatic heterocycles. The summed E-state index contributed by atoms with van der Waals surface area (Å²) in [6.45, 7) is 1.83. The molecular weight excluding hydrogens is 366 g/mol. The lowest BCUT2D eigenvalue weighted by Crippen LogP contribution is -2.43. The maximum atomic E-state index is 12.1. The Labute approximate surface area is 136 Å². The summed E-state index contributed by atoms with van der Waals surface area (Å²) in [5.41, 5.74) is 0. The first kappa shape index (κ1) is 17.4. The van der Waals surface area contributed by atoms with Gasteiger partial charge in [-0.1, -0.05) is 0 Å². The predicted octanol–water partition coefficient (Wildman–Crippen LogP) is 1.48. The van der Waals surface area contributed by atoms with Gasteiger partial charge in [0, 0.05) is 19.6 Å². The Morgan fingerprint density at radius 3 is 2.85 bits per heavy atom. The molecule has 1 aromatic rings. The van der Waals surface area contributed by atoms with Crippen LogP contribution in [0.1, 0.15) is 16.1 Å². The second-order valence-corrected chi connectivity index (χ2v) is 6.99. The van der Waals surface area contributed by atoms with E-state index in [-0.39, 0.29) is 36.8 Å². The third-order valence-electron chi connectivity index (χ3n) is 2.94. The van der Waals surface area contributed by atoms with Gasteiger partial charge < -0.3 is 15.5 Å². The highest BCUT2D eigenvalue weighted by Crippen LogP contribution is 2.22. The fourth-order valence-electron chi connectivity index (χ4n) is 1.96. The largest absolute Gasteiger partial charge is 0.351 e. The van der Waals surface area contributed by atoms with Gasteiger partial charge >= 0.3 is 0 Å². The molecule has 1 saturated heterocycles. The van der Waals surface area contributed by atoms with Crippen LogP contribution in [0.3, 0.4) is 0 Å². The molecule has 2 rings (SSSR count). The van der Waals surface area contributed by atoms with E-state index in [9.17, 15) is 9.59 Å². The van der Waals surface area contributed by atoms with E-state index < -0.39 is 0 Å². The van der Waals surface area contributed by atoms with Crippen molar-refractivity contribution in [3.8, 4) is 0 Å². The van der Waals surface area contributed by atoms with E-state index >= 15 is 0 Å². The van der Waals surface area contributed by atoms with Gasteiger partial charge in [-0.15, -0.1) is 23.7 Å². The maximum Gasteiger partial charge on any atom is 0.264 e. The summed E-state index contributed by atoms with van der Waals surface area (Å²) in [4.78, 5) is 25.9. The molecule has 1 unspecified atom stereocenters. The zero-order chi connectivity index (χ0) is 13.8. The van der Waals surface area contributed by atoms with Crippen LogP contribution in [0.4, 0.5) is 0 Å². The summed E-state index contributed by atoms with van der Waals surface area (Å²) in [5, 5.41) is 6.10. The quantitative estimate of drug-likeness (QED) is 0.829. The molecular formula is C12H17BrClN3O2S. The normalized spacial score (nSPS) is 17.4. The van der Waals surface area contributed by atoms with Crippen molar-refractivity contribution in [2.75, 3.05) is 26.7 Å². The molecule has 112 valence electrons. The van der Waals surface area contributed by atoms with E-state index in [0.717, 1.165) is 23.3 Å². The van der Waals surface area contributed by atoms with Gasteiger partial charge in [0.05, 0.1) is 15.2 Å². The number of nitrogens with zero attached hydrogens (tertiary/aromatic N) is 1. The highest BCUT2D eigenvalue weighted by Gasteiger charge is 2.20. The lowest BCUT2D eigenvalue weighted by atomic mass is 10.2. The van der Waals surface area contributed by atoms with Crippen LogP contribution in [0.2, 0.25) is 0 Å². The van der Waals surface area contributed by atoms with Gasteiger partial charge in [-0.05, 0) is 41.0 Å². The van der Waals surface area contributed by atoms with Gasteiger partial charge in [-0.25, -0.2) is 0 Å². The van der Waals surface area contributed by atoms with E-state index in [2.05, 4.69) is 26.6 Å². The Hall–Kier alpha value is -0.630. The fraction of sp³-hybridized carbons (Fsp3) is 0.500. The van der Waals surface area contributed by atoms with Crippen LogP contribution >= 0.6 is 39.7 Å². The maximum absolute atomic E-state index is 12.1. The van der Waals surface area contributed by atoms with E-state index in [1.807, 2.05) is 6.07 Å². The standard InChI is InChI=1S/C12H16BrN3O2S.ClH/c1-16(12(18)9-2-3-10(13)19-9)7-11(17)15-8-4-5-14-6-8;/h2-3,8,14H,4-7H2,1H3,(H,15,17);1H. The Kier molecular flexibility index (Phi) is 6.94. The van der Waals surface area contributed by atoms with Crippen LogP contribution in [0.5, 0.6) is 0 Å². The summed E-state index contributed by atoms with van der Waals surface area (Å²) in [7, 11) is 1.64. The molecule has 5 nitrogen and oxygen atoms in total. The minimum Gasteiger partial charge on any atom is -0.351 e. The third-order valence-corrected chi connectivity index (χ3v) is 4.55. The first-order valence-corrected chi connectivity index (χ1v) is 7.68. The molecule has 0 bridgehead atoms. The molecule has 0 aliphatic carbocycles. The Bertz CT molecular complexity index is 477. The molecule has 2 amide bonds. The number of rotatable bonds is 4. The molecule has 8 heteroatoms. The van der Waals surface area contributed by atoms with Crippen LogP contribution in [-0.4, -0.2) is 49.4 Å². The van der Waals surface area contributed by atoms with Crippen molar-refractivity contribution in [1.82, 2.24) is 15.5 Å². The summed E-state index contributed by atoms with van der Waals surface area (Å²) in [5.74, 6) is -0.240. The Morgan fingerprint density at radius 2 is 2.30 bits per heavy atom. The van der Waals surface area contributed by atoms with Crippen LogP contribution < -0.4 is 10.6 Å². The van der Waals surface area contributed by atoms with Crippen molar-refractivity contribution in [2.24, 2.45) is 0 Å². The molecule has 2 heterocycles. The average Bonchev–Trinajstić information content (AvgIpc) is 2.99. The van der Waals surface area contributed by atoms with Crippen molar-refractivity contribution in [3.05, 3.63) is 20.8 Å². The molecule has 0 saturated carbocycles. The van der Waals surface area contributed by atoms with Crippen molar-refractivity contribution < 1.29 is 9.59 Å². The number of likely N-dealkylation sites (N-methyl/N-ethyl adjacent to an activating group) is 1. The smallest absolute Gasteiger partial charge is 0.264 e. The molecule has 0 radical (unpaired) electrons. The third kappa shape index (κ3) is 4.73. The number of halogens is 2. The van der Waals surface area contributed by atoms with Crippen LogP contribution in [-0.2, 0) is 4.79 Å². The van der Waals surface area contributed by atoms with Crippen LogP contribution in [0.15, 0.2) is 15.9 Å². The van der Waals surface area contributed by atoms with Crippen molar-refractivity contribution >= 4 is 51.5 Å². The van der Waals surface area contributed by atoms with Gasteiger partial charge in [0.2, 0.25) is 5.91 Å². The molecule has 2 N–H and O–H groups in total. The van der Waals surface area contributed by atoms with Gasteiger partial charge in [0.1, 0.15) is 0 Å². The van der Waals surface area contributed by atoms with E-state index in [4.69, 9.17) is 0 Å². The molecule has 1 aromatic heterocycles. The van der Waals surface area contributed by atoms with Gasteiger partial charge in [0.15, 0.2) is 0 Å². The lowest BCUT2D eigenvalue weighted by molar-refractivity contribution is -0.122. The molecule has 1 atom stereocenters. The van der Waals surface area contributed by atoms with E-state index in [1.54, 1.807) is 13.1 Å². The average molecular weight is 383 g/mol. The fourth-order valence-corrected chi connectivity index (χ4v) is 3.34. The predicted molar refractivity (Wildman–Crippen MR) is 85.6 cm³/mol. The summed E-state index contributed by atoms with van der Waals surface area (Å²) >= 11 is 4.69. The molecule has 20 heavy (non-hydrogen) atoms. The second kappa shape index (κ2) is 7.97. The topological polar surface area (TPSA) is 61.4 Å². The zero-order valence-electron chi connectivity index (χ0n) is 11.0. The summed E-state index contributed by atoms with van der Waals surface area (Å²) in [6, 6.07) is 3.77. The Morgan fingerprint density at radius 1 is 1.55 bits per heavy atom. The minimum atomic E-state index is -0.129. The Balaban J connectivity index is 0.00000200. The SMILES string of the molecule is CN(CC(=O)NC1CCNC1)C(=O)c1ccc(Br)s1.Cl. The van der Waals surface area contributed by atoms with Gasteiger partial charge in [-0.2, -0.15) is 0 Å². The molecule has 0 spiro atoms. The monoisotopic (exact) mass is 381 g/mol. The highest BCUT2D eigenvalue weighted by atomic mass is 79.9. The minimum absolute atomic E-state index is 0. The van der Waals surface area contributed by atoms with Crippen LogP contribution in [0, 0.1) is 0 Å². The van der Waals surface area contributed by atoms with Crippen molar-refractivity contribution in [1.29, 1.82) is 0 Å². The number of hydrogen-bond donors (Lipinski definition) is 2. The van der Waals surface area contributed by atoms with Gasteiger partial charge in [0.25, 0.3) is 5.91 Å². The number of carbonyl (C=O) groups is 2. The summed E-state index contributed by atoms with van der Waals surface area (Å²) in [6.07, 6.45) is 0.946. The lowest BCUT2D eigenvalue weighted by Gasteiger charge is -2.18. The van der Waals surface area contributed by atoms with Gasteiger partial charge in [-0.3, -0.25) is 9.59 Å². The molecule has 0 aromatic carbocycles. The van der Waals surface area contributed by atoms with E-state index in [1.165, 1.54) is 16.2 Å². The number of thiophene rings is 1. The van der Waals surface area contributed by atoms with Crippen molar-refractivity contribution in [3.63, 3.8) is 0 Å². The summed E-state index contributed by atoms with van der Waals surface area (Å²) < 4.78 is 0.908. The zero-order valence-corrected chi connectivity index (χ0v) is 14.2. The number of nitrogens with one attached hydrogen (secondary N) is 2. The van der Waals surface area contributed by atoms with Crippen LogP contribution in [0.25, 0.3) is 0 Å². The second-order valence-electron chi connectivity index (χ2n) is 4.52. The highest BCUT2D eigenvalue weighted by molar-refractivity contribution is 9.11. The first-order chi connectivity index (χ1) is 9.06. The molecule has 1 fully saturated rings. The van der Waals surface area contributed by atoms with E-state index in [0.29, 0.717) is 4.88 Å². The van der Waals surface area contributed by atoms with Crippen molar-refractivity contribution in [2.45, 2.75) is 12.5 Å².